The Hall–Kier alpha value is -0.730. The fraction of sp³-hybridized carbons (Fsp3) is 0.750. The van der Waals surface area contributed by atoms with Gasteiger partial charge in [0, 0.05) is 13.1 Å². The molecule has 0 aliphatic carbocycles. The van der Waals surface area contributed by atoms with Gasteiger partial charge in [-0.15, -0.1) is 0 Å². The molecule has 0 aromatic heterocycles. The minimum Gasteiger partial charge on any atom is -0.336 e. The van der Waals surface area contributed by atoms with Crippen molar-refractivity contribution < 1.29 is 5.11 Å². The van der Waals surface area contributed by atoms with E-state index in [2.05, 4.69) is 10.3 Å². The summed E-state index contributed by atoms with van der Waals surface area (Å²) in [4.78, 5) is 3.58. The Morgan fingerprint density at radius 1 is 1.71 bits per heavy atom. The summed E-state index contributed by atoms with van der Waals surface area (Å²) >= 11 is 0. The molecule has 3 nitrogen and oxygen atoms in total. The maximum absolute atomic E-state index is 10.2. The molecule has 0 spiro atoms. The van der Waals surface area contributed by atoms with E-state index in [9.17, 15) is 5.11 Å². The van der Waals surface area contributed by atoms with Crippen molar-refractivity contribution in [2.45, 2.75) is 6.42 Å². The van der Waals surface area contributed by atoms with Gasteiger partial charge >= 0.3 is 6.02 Å². The topological polar surface area (TPSA) is 44.3 Å². The number of amidine groups is 1. The average molecular weight is 99.1 g/mol. The van der Waals surface area contributed by atoms with E-state index in [-0.39, 0.29) is 6.02 Å². The lowest BCUT2D eigenvalue weighted by Gasteiger charge is -2.04. The SMILES string of the molecule is [O]C1=NCCCN1. The van der Waals surface area contributed by atoms with Crippen LogP contribution in [0.15, 0.2) is 4.99 Å². The van der Waals surface area contributed by atoms with Gasteiger partial charge in [0.25, 0.3) is 0 Å². The highest BCUT2D eigenvalue weighted by Gasteiger charge is 1.99. The third-order valence-corrected chi connectivity index (χ3v) is 0.867. The smallest absolute Gasteiger partial charge is 0.336 e. The Labute approximate surface area is 42.1 Å². The second kappa shape index (κ2) is 1.82. The third kappa shape index (κ3) is 1.07. The lowest BCUT2D eigenvalue weighted by Crippen LogP contribution is -2.27. The van der Waals surface area contributed by atoms with Gasteiger partial charge in [0.05, 0.1) is 0 Å². The molecular formula is C4H7N2O. The van der Waals surface area contributed by atoms with Gasteiger partial charge < -0.3 is 5.32 Å². The lowest BCUT2D eigenvalue weighted by molar-refractivity contribution is 0.388. The van der Waals surface area contributed by atoms with Gasteiger partial charge in [-0.25, -0.2) is 10.1 Å². The van der Waals surface area contributed by atoms with Gasteiger partial charge in [0.2, 0.25) is 0 Å². The molecule has 1 aliphatic heterocycles. The highest BCUT2D eigenvalue weighted by atomic mass is 16.3. The monoisotopic (exact) mass is 99.1 g/mol. The third-order valence-electron chi connectivity index (χ3n) is 0.867. The highest BCUT2D eigenvalue weighted by Crippen LogP contribution is 1.85. The molecule has 0 saturated heterocycles. The van der Waals surface area contributed by atoms with Crippen molar-refractivity contribution in [2.24, 2.45) is 4.99 Å². The van der Waals surface area contributed by atoms with Crippen molar-refractivity contribution in [3.05, 3.63) is 0 Å². The summed E-state index contributed by atoms with van der Waals surface area (Å²) in [6, 6.07) is -0.161. The van der Waals surface area contributed by atoms with Crippen LogP contribution in [0.2, 0.25) is 0 Å². The summed E-state index contributed by atoms with van der Waals surface area (Å²) in [5.74, 6) is 0. The van der Waals surface area contributed by atoms with Crippen LogP contribution in [0.5, 0.6) is 0 Å². The molecule has 1 N–H and O–H groups in total. The van der Waals surface area contributed by atoms with Crippen LogP contribution in [-0.4, -0.2) is 19.1 Å². The van der Waals surface area contributed by atoms with Crippen LogP contribution in [0.3, 0.4) is 0 Å². The van der Waals surface area contributed by atoms with Gasteiger partial charge in [0.15, 0.2) is 0 Å². The van der Waals surface area contributed by atoms with Crippen LogP contribution < -0.4 is 5.32 Å². The zero-order chi connectivity index (χ0) is 5.11. The van der Waals surface area contributed by atoms with Crippen LogP contribution >= 0.6 is 0 Å². The quantitative estimate of drug-likeness (QED) is 0.447. The zero-order valence-corrected chi connectivity index (χ0v) is 3.98. The van der Waals surface area contributed by atoms with Crippen LogP contribution in [0.4, 0.5) is 0 Å². The van der Waals surface area contributed by atoms with Crippen LogP contribution in [0.25, 0.3) is 0 Å². The molecule has 39 valence electrons. The standard InChI is InChI=1S/C4H7N2O/c7-4-5-2-1-3-6-4/h1-3H2,(H,5,6). The normalized spacial score (nSPS) is 20.3. The fourth-order valence-electron chi connectivity index (χ4n) is 0.511. The van der Waals surface area contributed by atoms with E-state index in [1.165, 1.54) is 0 Å². The molecule has 0 aromatic carbocycles. The molecule has 0 fully saturated rings. The van der Waals surface area contributed by atoms with E-state index in [0.717, 1.165) is 13.0 Å². The molecule has 0 atom stereocenters. The van der Waals surface area contributed by atoms with E-state index in [0.29, 0.717) is 6.54 Å². The van der Waals surface area contributed by atoms with E-state index >= 15 is 0 Å². The Morgan fingerprint density at radius 3 is 2.86 bits per heavy atom. The van der Waals surface area contributed by atoms with Crippen molar-refractivity contribution in [3.63, 3.8) is 0 Å². The van der Waals surface area contributed by atoms with Gasteiger partial charge in [-0.2, -0.15) is 0 Å². The zero-order valence-electron chi connectivity index (χ0n) is 3.98. The predicted octanol–water partition coefficient (Wildman–Crippen LogP) is -0.234. The molecular weight excluding hydrogens is 92.1 g/mol. The van der Waals surface area contributed by atoms with Crippen molar-refractivity contribution in [3.8, 4) is 0 Å². The van der Waals surface area contributed by atoms with Gasteiger partial charge in [0.1, 0.15) is 0 Å². The summed E-state index contributed by atoms with van der Waals surface area (Å²) in [5.41, 5.74) is 0. The summed E-state index contributed by atoms with van der Waals surface area (Å²) in [6.07, 6.45) is 0.992. The van der Waals surface area contributed by atoms with E-state index in [1.54, 1.807) is 0 Å². The first-order chi connectivity index (χ1) is 3.39. The second-order valence-electron chi connectivity index (χ2n) is 1.47. The van der Waals surface area contributed by atoms with Gasteiger partial charge in [-0.3, -0.25) is 0 Å². The summed E-state index contributed by atoms with van der Waals surface area (Å²) in [6.45, 7) is 1.49. The Kier molecular flexibility index (Phi) is 1.15. The molecule has 1 rings (SSSR count). The van der Waals surface area contributed by atoms with Crippen LogP contribution in [0.1, 0.15) is 6.42 Å². The first kappa shape index (κ1) is 4.43. The van der Waals surface area contributed by atoms with Gasteiger partial charge in [-0.1, -0.05) is 0 Å². The van der Waals surface area contributed by atoms with Crippen molar-refractivity contribution in [1.29, 1.82) is 0 Å². The second-order valence-corrected chi connectivity index (χ2v) is 1.47. The van der Waals surface area contributed by atoms with Crippen molar-refractivity contribution in [1.82, 2.24) is 5.32 Å². The number of hydrogen-bond donors (Lipinski definition) is 1. The summed E-state index contributed by atoms with van der Waals surface area (Å²) in [5, 5.41) is 12.8. The fourth-order valence-corrected chi connectivity index (χ4v) is 0.511. The molecule has 0 bridgehead atoms. The van der Waals surface area contributed by atoms with Crippen LogP contribution in [-0.2, 0) is 5.11 Å². The number of nitrogens with zero attached hydrogens (tertiary/aromatic N) is 1. The minimum absolute atomic E-state index is 0.161. The Bertz CT molecular complexity index is 89.7. The Morgan fingerprint density at radius 2 is 2.57 bits per heavy atom. The highest BCUT2D eigenvalue weighted by molar-refractivity contribution is 5.71. The Balaban J connectivity index is 2.40. The molecule has 7 heavy (non-hydrogen) atoms. The van der Waals surface area contributed by atoms with E-state index < -0.39 is 0 Å². The summed E-state index contributed by atoms with van der Waals surface area (Å²) < 4.78 is 0. The number of aliphatic imine (C=N–C) groups is 1. The molecule has 1 radical (unpaired) electrons. The largest absolute Gasteiger partial charge is 0.336 e. The van der Waals surface area contributed by atoms with Crippen molar-refractivity contribution in [2.75, 3.05) is 13.1 Å². The molecule has 0 amide bonds. The number of nitrogens with one attached hydrogen (secondary N) is 1. The predicted molar refractivity (Wildman–Crippen MR) is 25.6 cm³/mol. The molecule has 1 aliphatic rings. The molecule has 0 saturated carbocycles. The first-order valence-corrected chi connectivity index (χ1v) is 2.35. The maximum atomic E-state index is 10.2. The van der Waals surface area contributed by atoms with E-state index in [1.807, 2.05) is 0 Å². The van der Waals surface area contributed by atoms with E-state index in [4.69, 9.17) is 0 Å². The number of hydrogen-bond acceptors (Lipinski definition) is 2. The maximum Gasteiger partial charge on any atom is 0.336 e. The average Bonchev–Trinajstić information content (AvgIpc) is 1.69. The first-order valence-electron chi connectivity index (χ1n) is 2.35. The lowest BCUT2D eigenvalue weighted by atomic mass is 10.4. The molecule has 0 unspecified atom stereocenters. The minimum atomic E-state index is -0.161. The van der Waals surface area contributed by atoms with Gasteiger partial charge in [-0.05, 0) is 6.42 Å². The molecule has 3 heteroatoms. The van der Waals surface area contributed by atoms with Crippen LogP contribution in [0, 0.1) is 0 Å². The molecule has 1 heterocycles. The molecule has 0 aromatic rings. The summed E-state index contributed by atoms with van der Waals surface area (Å²) in [7, 11) is 0. The van der Waals surface area contributed by atoms with Crippen molar-refractivity contribution >= 4 is 6.02 Å². The number of rotatable bonds is 0.